The molecule has 0 bridgehead atoms. The van der Waals surface area contributed by atoms with Crippen molar-refractivity contribution in [2.24, 2.45) is 0 Å². The van der Waals surface area contributed by atoms with Crippen LogP contribution in [0.3, 0.4) is 0 Å². The van der Waals surface area contributed by atoms with Gasteiger partial charge < -0.3 is 24.9 Å². The molecule has 10 heteroatoms. The number of amides is 1. The number of carbonyl (C=O) groups is 1. The highest BCUT2D eigenvalue weighted by molar-refractivity contribution is 7.47. The largest absolute Gasteiger partial charge is 0.472 e. The van der Waals surface area contributed by atoms with Crippen LogP contribution in [0, 0.1) is 0 Å². The maximum atomic E-state index is 13.0. The molecule has 0 aliphatic carbocycles. The average Bonchev–Trinajstić information content (AvgIpc) is 3.33. The summed E-state index contributed by atoms with van der Waals surface area (Å²) >= 11 is 0. The second-order valence-corrected chi connectivity index (χ2v) is 20.4. The third kappa shape index (κ3) is 51.1. The molecule has 71 heavy (non-hydrogen) atoms. The topological polar surface area (TPSA) is 125 Å². The van der Waals surface area contributed by atoms with Crippen LogP contribution in [-0.2, 0) is 18.4 Å². The molecule has 0 radical (unpaired) electrons. The summed E-state index contributed by atoms with van der Waals surface area (Å²) in [4.78, 5) is 23.3. The van der Waals surface area contributed by atoms with E-state index in [4.69, 9.17) is 9.05 Å². The molecule has 4 atom stereocenters. The van der Waals surface area contributed by atoms with Gasteiger partial charge in [0, 0.05) is 6.42 Å². The third-order valence-corrected chi connectivity index (χ3v) is 12.2. The van der Waals surface area contributed by atoms with Crippen LogP contribution in [0.2, 0.25) is 0 Å². The quantitative estimate of drug-likeness (QED) is 0.0207. The molecular formula is C61H102N2O7P+. The zero-order chi connectivity index (χ0) is 52.2. The Hall–Kier alpha value is -3.66. The molecule has 0 fully saturated rings. The van der Waals surface area contributed by atoms with Gasteiger partial charge in [-0.2, -0.15) is 0 Å². The predicted octanol–water partition coefficient (Wildman–Crippen LogP) is 15.5. The first-order valence-electron chi connectivity index (χ1n) is 27.3. The normalized spacial score (nSPS) is 15.5. The van der Waals surface area contributed by atoms with Gasteiger partial charge in [0.2, 0.25) is 5.91 Å². The van der Waals surface area contributed by atoms with Crippen LogP contribution in [0.25, 0.3) is 0 Å². The maximum absolute atomic E-state index is 13.0. The summed E-state index contributed by atoms with van der Waals surface area (Å²) in [7, 11) is 1.37. The number of unbranched alkanes of at least 4 members (excludes halogenated alkanes) is 10. The number of hydrogen-bond acceptors (Lipinski definition) is 6. The summed E-state index contributed by atoms with van der Waals surface area (Å²) in [5.41, 5.74) is 0. The molecule has 4 unspecified atom stereocenters. The van der Waals surface area contributed by atoms with Crippen molar-refractivity contribution >= 4 is 13.7 Å². The molecule has 0 aromatic heterocycles. The summed E-state index contributed by atoms with van der Waals surface area (Å²) in [6.07, 6.45) is 73.8. The van der Waals surface area contributed by atoms with E-state index in [-0.39, 0.29) is 18.9 Å². The van der Waals surface area contributed by atoms with E-state index < -0.39 is 32.7 Å². The molecule has 0 aliphatic rings. The number of allylic oxidation sites excluding steroid dienone is 24. The Bertz CT molecular complexity index is 1680. The second-order valence-electron chi connectivity index (χ2n) is 19.0. The van der Waals surface area contributed by atoms with Crippen LogP contribution in [0.15, 0.2) is 146 Å². The van der Waals surface area contributed by atoms with Crippen molar-refractivity contribution in [2.45, 2.75) is 193 Å². The molecule has 0 saturated carbocycles. The third-order valence-electron chi connectivity index (χ3n) is 11.2. The van der Waals surface area contributed by atoms with E-state index in [1.54, 1.807) is 0 Å². The highest BCUT2D eigenvalue weighted by atomic mass is 31.2. The van der Waals surface area contributed by atoms with E-state index in [0.29, 0.717) is 30.3 Å². The van der Waals surface area contributed by atoms with Gasteiger partial charge >= 0.3 is 7.82 Å². The number of phosphoric acid groups is 1. The average molecular weight is 1010 g/mol. The fourth-order valence-electron chi connectivity index (χ4n) is 6.94. The van der Waals surface area contributed by atoms with Crippen LogP contribution in [0.1, 0.15) is 174 Å². The molecule has 0 heterocycles. The van der Waals surface area contributed by atoms with Crippen molar-refractivity contribution in [2.75, 3.05) is 40.9 Å². The lowest BCUT2D eigenvalue weighted by Crippen LogP contribution is -2.51. The molecule has 0 aromatic carbocycles. The van der Waals surface area contributed by atoms with Gasteiger partial charge in [0.15, 0.2) is 0 Å². The molecule has 0 aromatic rings. The van der Waals surface area contributed by atoms with Gasteiger partial charge in [-0.05, 0) is 129 Å². The van der Waals surface area contributed by atoms with Crippen molar-refractivity contribution in [3.05, 3.63) is 146 Å². The fourth-order valence-corrected chi connectivity index (χ4v) is 7.67. The fraction of sp³-hybridized carbons (Fsp3) is 0.590. The second kappa shape index (κ2) is 49.9. The minimum absolute atomic E-state index is 0.00149. The SMILES string of the molecule is C/C=C/CC/C=C/CC/C=C/CCCC(O)C(O)C(COP(=O)(O)OCC[N+](C)(C)C)NC(=O)CCCCCCCCC/C=C\C/C=C\C/C=C\C/C=C\C/C=C\C/C=C\C/C=C\C/C=C\C/C=C\CC. The van der Waals surface area contributed by atoms with Crippen molar-refractivity contribution in [3.63, 3.8) is 0 Å². The Kier molecular flexibility index (Phi) is 47.3. The Morgan fingerprint density at radius 3 is 1.35 bits per heavy atom. The van der Waals surface area contributed by atoms with Gasteiger partial charge in [-0.25, -0.2) is 4.57 Å². The van der Waals surface area contributed by atoms with Gasteiger partial charge in [-0.15, -0.1) is 0 Å². The lowest BCUT2D eigenvalue weighted by molar-refractivity contribution is -0.870. The summed E-state index contributed by atoms with van der Waals surface area (Å²) in [5.74, 6) is -0.294. The highest BCUT2D eigenvalue weighted by Gasteiger charge is 2.31. The van der Waals surface area contributed by atoms with E-state index in [0.717, 1.165) is 122 Å². The molecule has 0 aliphatic heterocycles. The van der Waals surface area contributed by atoms with Gasteiger partial charge in [-0.3, -0.25) is 13.8 Å². The zero-order valence-corrected chi connectivity index (χ0v) is 46.2. The van der Waals surface area contributed by atoms with Gasteiger partial charge in [-0.1, -0.05) is 185 Å². The Labute approximate surface area is 434 Å². The molecule has 9 nitrogen and oxygen atoms in total. The number of phosphoric ester groups is 1. The molecule has 402 valence electrons. The van der Waals surface area contributed by atoms with Gasteiger partial charge in [0.05, 0.1) is 39.9 Å². The van der Waals surface area contributed by atoms with Crippen LogP contribution >= 0.6 is 7.82 Å². The van der Waals surface area contributed by atoms with Crippen LogP contribution in [0.4, 0.5) is 0 Å². The number of nitrogens with one attached hydrogen (secondary N) is 1. The molecular weight excluding hydrogens is 904 g/mol. The molecule has 1 amide bonds. The molecule has 0 rings (SSSR count). The first-order chi connectivity index (χ1) is 34.4. The monoisotopic (exact) mass is 1010 g/mol. The minimum atomic E-state index is -4.45. The standard InChI is InChI=1S/C61H101N2O7P/c1-6-8-10-12-14-16-18-20-21-22-23-24-25-26-27-28-29-30-31-32-33-34-35-36-37-38-39-40-41-42-44-46-48-50-52-54-60(65)62-58(57-70-71(67,68)69-56-55-63(3,4)5)61(66)59(64)53-51-49-47-45-43-19-17-15-13-11-9-7-2/h7-10,14-17,20-21,23-24,26-27,29-30,32-33,35-36,38-39,45,47,58-59,61,64,66H,6,11-13,18-19,22,25,28,31,34,37,40-44,46,48-57H2,1-5H3,(H-,62,65,67,68)/p+1/b9-7+,10-8-,16-14-,17-15+,21-20-,24-23-,27-26-,30-29-,33-32-,36-35-,39-38-,47-45+. The number of likely N-dealkylation sites (N-methyl/N-ethyl adjacent to an activating group) is 1. The minimum Gasteiger partial charge on any atom is -0.390 e. The number of rotatable bonds is 47. The number of aliphatic hydroxyl groups is 2. The van der Waals surface area contributed by atoms with Gasteiger partial charge in [0.25, 0.3) is 0 Å². The van der Waals surface area contributed by atoms with Gasteiger partial charge in [0.1, 0.15) is 19.3 Å². The van der Waals surface area contributed by atoms with Crippen LogP contribution in [-0.4, -0.2) is 84.6 Å². The first kappa shape index (κ1) is 67.3. The van der Waals surface area contributed by atoms with E-state index in [9.17, 15) is 24.5 Å². The first-order valence-corrected chi connectivity index (χ1v) is 28.7. The van der Waals surface area contributed by atoms with E-state index in [1.807, 2.05) is 28.1 Å². The summed E-state index contributed by atoms with van der Waals surface area (Å²) in [5, 5.41) is 24.7. The Morgan fingerprint density at radius 2 is 0.901 bits per heavy atom. The van der Waals surface area contributed by atoms with E-state index >= 15 is 0 Å². The number of aliphatic hydroxyl groups excluding tert-OH is 2. The highest BCUT2D eigenvalue weighted by Crippen LogP contribution is 2.43. The number of carbonyl (C=O) groups excluding carboxylic acids is 1. The number of hydrogen-bond donors (Lipinski definition) is 4. The molecule has 4 N–H and O–H groups in total. The Morgan fingerprint density at radius 1 is 0.521 bits per heavy atom. The lowest BCUT2D eigenvalue weighted by Gasteiger charge is -2.28. The van der Waals surface area contributed by atoms with Crippen molar-refractivity contribution in [1.29, 1.82) is 0 Å². The summed E-state index contributed by atoms with van der Waals surface area (Å²) in [6, 6.07) is -1.08. The summed E-state index contributed by atoms with van der Waals surface area (Å²) < 4.78 is 23.5. The smallest absolute Gasteiger partial charge is 0.390 e. The van der Waals surface area contributed by atoms with E-state index in [2.05, 4.69) is 158 Å². The molecule has 0 saturated heterocycles. The van der Waals surface area contributed by atoms with Crippen LogP contribution < -0.4 is 5.32 Å². The van der Waals surface area contributed by atoms with Crippen molar-refractivity contribution < 1.29 is 38.0 Å². The van der Waals surface area contributed by atoms with E-state index in [1.165, 1.54) is 12.8 Å². The van der Waals surface area contributed by atoms with Crippen molar-refractivity contribution in [1.82, 2.24) is 5.32 Å². The number of nitrogens with zero attached hydrogens (tertiary/aromatic N) is 1. The Balaban J connectivity index is 4.29. The lowest BCUT2D eigenvalue weighted by atomic mass is 10.0. The predicted molar refractivity (Wildman–Crippen MR) is 305 cm³/mol. The van der Waals surface area contributed by atoms with Crippen molar-refractivity contribution in [3.8, 4) is 0 Å². The summed E-state index contributed by atoms with van der Waals surface area (Å²) in [6.45, 7) is 4.20. The number of quaternary nitrogens is 1. The van der Waals surface area contributed by atoms with Crippen LogP contribution in [0.5, 0.6) is 0 Å². The maximum Gasteiger partial charge on any atom is 0.472 e. The molecule has 0 spiro atoms. The zero-order valence-electron chi connectivity index (χ0n) is 45.3.